The lowest BCUT2D eigenvalue weighted by Crippen LogP contribution is -1.89. The van der Waals surface area contributed by atoms with Gasteiger partial charge < -0.3 is 0 Å². The van der Waals surface area contributed by atoms with Crippen molar-refractivity contribution in [3.63, 3.8) is 0 Å². The van der Waals surface area contributed by atoms with Gasteiger partial charge in [0, 0.05) is 4.88 Å². The summed E-state index contributed by atoms with van der Waals surface area (Å²) in [7, 11) is 0. The largest absolute Gasteiger partial charge is 0.132 e. The van der Waals surface area contributed by atoms with Crippen LogP contribution in [0.3, 0.4) is 0 Å². The van der Waals surface area contributed by atoms with Gasteiger partial charge in [0.1, 0.15) is 0 Å². The van der Waals surface area contributed by atoms with Crippen LogP contribution in [0.4, 0.5) is 0 Å². The average Bonchev–Trinajstić information content (AvgIpc) is 2.84. The molecule has 3 heteroatoms. The molecule has 0 aliphatic rings. The zero-order chi connectivity index (χ0) is 12.5. The number of rotatable bonds is 2. The highest BCUT2D eigenvalue weighted by Gasteiger charge is 2.12. The Morgan fingerprint density at radius 1 is 0.889 bits per heavy atom. The molecule has 0 fully saturated rings. The molecule has 3 aromatic rings. The van der Waals surface area contributed by atoms with Gasteiger partial charge in [-0.1, -0.05) is 52.3 Å². The SMILES string of the molecule is Brc1ccc(C(Br)c2ccc3ccccc3c2)s1. The molecule has 0 saturated heterocycles. The van der Waals surface area contributed by atoms with E-state index in [9.17, 15) is 0 Å². The summed E-state index contributed by atoms with van der Waals surface area (Å²) in [6.07, 6.45) is 0. The standard InChI is InChI=1S/C15H10Br2S/c16-14-8-7-13(18-14)15(17)12-6-5-10-3-1-2-4-11(10)9-12/h1-9,15H. The van der Waals surface area contributed by atoms with Gasteiger partial charge in [-0.3, -0.25) is 0 Å². The fraction of sp³-hybridized carbons (Fsp3) is 0.0667. The summed E-state index contributed by atoms with van der Waals surface area (Å²) < 4.78 is 1.17. The van der Waals surface area contributed by atoms with Crippen molar-refractivity contribution in [3.8, 4) is 0 Å². The first kappa shape index (κ1) is 12.4. The van der Waals surface area contributed by atoms with E-state index < -0.39 is 0 Å². The third-order valence-corrected chi connectivity index (χ3v) is 5.92. The summed E-state index contributed by atoms with van der Waals surface area (Å²) in [5, 5.41) is 2.57. The van der Waals surface area contributed by atoms with E-state index in [1.165, 1.54) is 25.0 Å². The minimum absolute atomic E-state index is 0.262. The molecule has 0 aliphatic carbocycles. The van der Waals surface area contributed by atoms with Crippen LogP contribution in [0.15, 0.2) is 58.4 Å². The second kappa shape index (κ2) is 5.16. The summed E-state index contributed by atoms with van der Waals surface area (Å²) in [6.45, 7) is 0. The summed E-state index contributed by atoms with van der Waals surface area (Å²) in [5.41, 5.74) is 1.29. The quantitative estimate of drug-likeness (QED) is 0.467. The van der Waals surface area contributed by atoms with E-state index in [4.69, 9.17) is 0 Å². The van der Waals surface area contributed by atoms with E-state index in [2.05, 4.69) is 86.5 Å². The second-order valence-electron chi connectivity index (χ2n) is 4.11. The minimum atomic E-state index is 0.262. The van der Waals surface area contributed by atoms with Crippen molar-refractivity contribution in [2.75, 3.05) is 0 Å². The van der Waals surface area contributed by atoms with Gasteiger partial charge >= 0.3 is 0 Å². The Kier molecular flexibility index (Phi) is 3.55. The van der Waals surface area contributed by atoms with Crippen molar-refractivity contribution in [3.05, 3.63) is 68.8 Å². The van der Waals surface area contributed by atoms with Gasteiger partial charge in [0.05, 0.1) is 8.61 Å². The van der Waals surface area contributed by atoms with Crippen LogP contribution in [0.25, 0.3) is 10.8 Å². The van der Waals surface area contributed by atoms with Crippen molar-refractivity contribution < 1.29 is 0 Å². The number of halogens is 2. The van der Waals surface area contributed by atoms with E-state index in [1.54, 1.807) is 11.3 Å². The van der Waals surface area contributed by atoms with E-state index in [-0.39, 0.29) is 4.83 Å². The molecule has 0 bridgehead atoms. The smallest absolute Gasteiger partial charge is 0.0738 e. The Morgan fingerprint density at radius 2 is 1.67 bits per heavy atom. The Hall–Kier alpha value is -0.640. The minimum Gasteiger partial charge on any atom is -0.132 e. The first-order valence-corrected chi connectivity index (χ1v) is 8.14. The normalized spacial score (nSPS) is 12.8. The number of fused-ring (bicyclic) bond motifs is 1. The molecule has 0 amide bonds. The summed E-state index contributed by atoms with van der Waals surface area (Å²) in [5.74, 6) is 0. The van der Waals surface area contributed by atoms with E-state index in [0.717, 1.165) is 0 Å². The molecule has 0 saturated carbocycles. The molecule has 0 aliphatic heterocycles. The predicted octanol–water partition coefficient (Wildman–Crippen LogP) is 6.15. The van der Waals surface area contributed by atoms with Gasteiger partial charge in [0.2, 0.25) is 0 Å². The number of hydrogen-bond acceptors (Lipinski definition) is 1. The van der Waals surface area contributed by atoms with Crippen LogP contribution in [0.2, 0.25) is 0 Å². The molecule has 0 N–H and O–H groups in total. The summed E-state index contributed by atoms with van der Waals surface area (Å²) >= 11 is 9.06. The van der Waals surface area contributed by atoms with Crippen LogP contribution in [0, 0.1) is 0 Å². The molecule has 18 heavy (non-hydrogen) atoms. The Balaban J connectivity index is 2.03. The fourth-order valence-corrected chi connectivity index (χ4v) is 4.14. The lowest BCUT2D eigenvalue weighted by Gasteiger charge is -2.09. The third kappa shape index (κ3) is 2.40. The van der Waals surface area contributed by atoms with Crippen LogP contribution >= 0.6 is 43.2 Å². The average molecular weight is 382 g/mol. The van der Waals surface area contributed by atoms with Gasteiger partial charge in [-0.15, -0.1) is 11.3 Å². The zero-order valence-electron chi connectivity index (χ0n) is 9.44. The highest BCUT2D eigenvalue weighted by Crippen LogP contribution is 2.37. The molecule has 0 spiro atoms. The van der Waals surface area contributed by atoms with Gasteiger partial charge in [-0.25, -0.2) is 0 Å². The maximum Gasteiger partial charge on any atom is 0.0738 e. The van der Waals surface area contributed by atoms with E-state index >= 15 is 0 Å². The molecule has 1 unspecified atom stereocenters. The lowest BCUT2D eigenvalue weighted by atomic mass is 10.0. The van der Waals surface area contributed by atoms with Crippen LogP contribution in [-0.4, -0.2) is 0 Å². The monoisotopic (exact) mass is 380 g/mol. The van der Waals surface area contributed by atoms with Crippen molar-refractivity contribution >= 4 is 54.0 Å². The number of thiophene rings is 1. The molecular formula is C15H10Br2S. The number of hydrogen-bond donors (Lipinski definition) is 0. The first-order chi connectivity index (χ1) is 8.74. The molecule has 2 aromatic carbocycles. The topological polar surface area (TPSA) is 0 Å². The van der Waals surface area contributed by atoms with Gasteiger partial charge in [-0.2, -0.15) is 0 Å². The molecule has 1 aromatic heterocycles. The molecule has 90 valence electrons. The Labute approximate surface area is 127 Å². The van der Waals surface area contributed by atoms with Crippen LogP contribution in [0.1, 0.15) is 15.3 Å². The summed E-state index contributed by atoms with van der Waals surface area (Å²) in [6, 6.07) is 19.3. The second-order valence-corrected chi connectivity index (χ2v) is 7.52. The predicted molar refractivity (Wildman–Crippen MR) is 86.7 cm³/mol. The molecular weight excluding hydrogens is 372 g/mol. The van der Waals surface area contributed by atoms with Crippen LogP contribution < -0.4 is 0 Å². The van der Waals surface area contributed by atoms with Crippen molar-refractivity contribution in [2.24, 2.45) is 0 Å². The van der Waals surface area contributed by atoms with Crippen molar-refractivity contribution in [2.45, 2.75) is 4.83 Å². The highest BCUT2D eigenvalue weighted by molar-refractivity contribution is 9.11. The number of alkyl halides is 1. The Bertz CT molecular complexity index is 688. The molecule has 0 radical (unpaired) electrons. The summed E-state index contributed by atoms with van der Waals surface area (Å²) in [4.78, 5) is 1.58. The molecule has 3 rings (SSSR count). The van der Waals surface area contributed by atoms with Gasteiger partial charge in [0.15, 0.2) is 0 Å². The molecule has 0 nitrogen and oxygen atoms in total. The van der Waals surface area contributed by atoms with Crippen molar-refractivity contribution in [1.82, 2.24) is 0 Å². The van der Waals surface area contributed by atoms with Gasteiger partial charge in [-0.05, 0) is 50.5 Å². The molecule has 1 heterocycles. The fourth-order valence-electron chi connectivity index (χ4n) is 1.99. The van der Waals surface area contributed by atoms with E-state index in [1.807, 2.05) is 0 Å². The zero-order valence-corrected chi connectivity index (χ0v) is 13.4. The Morgan fingerprint density at radius 3 is 2.39 bits per heavy atom. The third-order valence-electron chi connectivity index (χ3n) is 2.91. The van der Waals surface area contributed by atoms with Gasteiger partial charge in [0.25, 0.3) is 0 Å². The van der Waals surface area contributed by atoms with Crippen molar-refractivity contribution in [1.29, 1.82) is 0 Å². The lowest BCUT2D eigenvalue weighted by molar-refractivity contribution is 1.23. The van der Waals surface area contributed by atoms with E-state index in [0.29, 0.717) is 0 Å². The van der Waals surface area contributed by atoms with Crippen LogP contribution in [0.5, 0.6) is 0 Å². The first-order valence-electron chi connectivity index (χ1n) is 5.62. The maximum atomic E-state index is 3.78. The number of benzene rings is 2. The maximum absolute atomic E-state index is 3.78. The van der Waals surface area contributed by atoms with Crippen LogP contribution in [-0.2, 0) is 0 Å². The molecule has 1 atom stereocenters. The highest BCUT2D eigenvalue weighted by atomic mass is 79.9.